The van der Waals surface area contributed by atoms with Gasteiger partial charge in [-0.15, -0.1) is 0 Å². The largest absolute Gasteiger partial charge is 0.301 e. The van der Waals surface area contributed by atoms with Gasteiger partial charge in [0.1, 0.15) is 0 Å². The van der Waals surface area contributed by atoms with E-state index < -0.39 is 0 Å². The molecule has 0 N–H and O–H groups in total. The minimum Gasteiger partial charge on any atom is -0.301 e. The molecule has 1 heteroatoms. The van der Waals surface area contributed by atoms with Crippen LogP contribution < -0.4 is 0 Å². The first-order valence-electron chi connectivity index (χ1n) is 4.99. The molecule has 3 fully saturated rings. The SMILES string of the molecule is CC(C)N1CCC2CC(C2)C1. The summed E-state index contributed by atoms with van der Waals surface area (Å²) in [5.41, 5.74) is 0. The van der Waals surface area contributed by atoms with Gasteiger partial charge >= 0.3 is 0 Å². The van der Waals surface area contributed by atoms with E-state index in [1.54, 1.807) is 0 Å². The summed E-state index contributed by atoms with van der Waals surface area (Å²) in [5.74, 6) is 2.16. The molecule has 2 aliphatic heterocycles. The standard InChI is InChI=1S/C10H19N/c1-8(2)11-4-3-9-5-10(6-9)7-11/h8-10H,3-7H2,1-2H3. The summed E-state index contributed by atoms with van der Waals surface area (Å²) >= 11 is 0. The first-order chi connectivity index (χ1) is 5.25. The first-order valence-corrected chi connectivity index (χ1v) is 4.99. The summed E-state index contributed by atoms with van der Waals surface area (Å²) < 4.78 is 0. The van der Waals surface area contributed by atoms with Crippen LogP contribution in [0.5, 0.6) is 0 Å². The van der Waals surface area contributed by atoms with Gasteiger partial charge in [0.15, 0.2) is 0 Å². The van der Waals surface area contributed by atoms with Crippen LogP contribution in [0.1, 0.15) is 33.1 Å². The molecule has 0 aromatic rings. The zero-order valence-electron chi connectivity index (χ0n) is 7.71. The highest BCUT2D eigenvalue weighted by Gasteiger charge is 2.34. The van der Waals surface area contributed by atoms with Crippen molar-refractivity contribution in [2.45, 2.75) is 39.2 Å². The van der Waals surface area contributed by atoms with Crippen molar-refractivity contribution in [1.82, 2.24) is 4.90 Å². The Bertz CT molecular complexity index is 136. The third kappa shape index (κ3) is 1.44. The Morgan fingerprint density at radius 1 is 1.18 bits per heavy atom. The third-order valence-corrected chi connectivity index (χ3v) is 3.38. The van der Waals surface area contributed by atoms with Crippen molar-refractivity contribution < 1.29 is 0 Å². The summed E-state index contributed by atoms with van der Waals surface area (Å²) in [6.07, 6.45) is 4.53. The quantitative estimate of drug-likeness (QED) is 0.558. The van der Waals surface area contributed by atoms with E-state index in [1.807, 2.05) is 0 Å². The Morgan fingerprint density at radius 2 is 1.91 bits per heavy atom. The molecule has 11 heavy (non-hydrogen) atoms. The molecular weight excluding hydrogens is 134 g/mol. The van der Waals surface area contributed by atoms with E-state index in [9.17, 15) is 0 Å². The van der Waals surface area contributed by atoms with Crippen molar-refractivity contribution in [3.63, 3.8) is 0 Å². The Kier molecular flexibility index (Phi) is 1.92. The Labute approximate surface area is 69.8 Å². The molecule has 0 unspecified atom stereocenters. The van der Waals surface area contributed by atoms with Crippen molar-refractivity contribution in [2.24, 2.45) is 11.8 Å². The lowest BCUT2D eigenvalue weighted by molar-refractivity contribution is 0.169. The van der Waals surface area contributed by atoms with Crippen LogP contribution in [0.3, 0.4) is 0 Å². The average Bonchev–Trinajstić information content (AvgIpc) is 2.13. The minimum atomic E-state index is 0.773. The van der Waals surface area contributed by atoms with Crippen LogP contribution in [-0.2, 0) is 0 Å². The van der Waals surface area contributed by atoms with Crippen LogP contribution in [0, 0.1) is 11.8 Å². The van der Waals surface area contributed by atoms with Crippen LogP contribution >= 0.6 is 0 Å². The lowest BCUT2D eigenvalue weighted by Crippen LogP contribution is -2.34. The molecule has 1 aliphatic carbocycles. The highest BCUT2D eigenvalue weighted by molar-refractivity contribution is 4.87. The van der Waals surface area contributed by atoms with Gasteiger partial charge in [0.25, 0.3) is 0 Å². The van der Waals surface area contributed by atoms with Gasteiger partial charge in [0.05, 0.1) is 0 Å². The van der Waals surface area contributed by atoms with Gasteiger partial charge in [-0.25, -0.2) is 0 Å². The minimum absolute atomic E-state index is 0.773. The fourth-order valence-corrected chi connectivity index (χ4v) is 2.50. The van der Waals surface area contributed by atoms with Crippen LogP contribution in [0.4, 0.5) is 0 Å². The lowest BCUT2D eigenvalue weighted by atomic mass is 9.75. The Balaban J connectivity index is 1.92. The fraction of sp³-hybridized carbons (Fsp3) is 1.00. The van der Waals surface area contributed by atoms with Crippen LogP contribution in [0.25, 0.3) is 0 Å². The Hall–Kier alpha value is -0.0400. The molecule has 0 atom stereocenters. The number of hydrogen-bond acceptors (Lipinski definition) is 1. The number of fused-ring (bicyclic) bond motifs is 3. The smallest absolute Gasteiger partial charge is 0.00387 e. The number of rotatable bonds is 1. The van der Waals surface area contributed by atoms with Crippen molar-refractivity contribution in [3.05, 3.63) is 0 Å². The van der Waals surface area contributed by atoms with Gasteiger partial charge in [-0.2, -0.15) is 0 Å². The van der Waals surface area contributed by atoms with Gasteiger partial charge in [0, 0.05) is 12.6 Å². The molecule has 3 rings (SSSR count). The normalized spacial score (nSPS) is 38.5. The zero-order valence-corrected chi connectivity index (χ0v) is 7.71. The maximum Gasteiger partial charge on any atom is 0.00387 e. The summed E-state index contributed by atoms with van der Waals surface area (Å²) in [4.78, 5) is 2.65. The van der Waals surface area contributed by atoms with Gasteiger partial charge in [0.2, 0.25) is 0 Å². The third-order valence-electron chi connectivity index (χ3n) is 3.38. The molecule has 0 amide bonds. The molecule has 0 aromatic carbocycles. The summed E-state index contributed by atoms with van der Waals surface area (Å²) in [5, 5.41) is 0. The Morgan fingerprint density at radius 3 is 2.55 bits per heavy atom. The highest BCUT2D eigenvalue weighted by Crippen LogP contribution is 2.39. The van der Waals surface area contributed by atoms with Crippen LogP contribution in [0.2, 0.25) is 0 Å². The van der Waals surface area contributed by atoms with Gasteiger partial charge in [-0.1, -0.05) is 0 Å². The topological polar surface area (TPSA) is 3.24 Å². The van der Waals surface area contributed by atoms with Gasteiger partial charge in [-0.05, 0) is 51.5 Å². The lowest BCUT2D eigenvalue weighted by Gasteiger charge is -2.33. The fourth-order valence-electron chi connectivity index (χ4n) is 2.50. The molecule has 1 saturated carbocycles. The second-order valence-corrected chi connectivity index (χ2v) is 4.58. The monoisotopic (exact) mass is 153 g/mol. The molecule has 2 saturated heterocycles. The molecule has 3 aliphatic rings. The molecule has 2 bridgehead atoms. The van der Waals surface area contributed by atoms with E-state index in [2.05, 4.69) is 18.7 Å². The van der Waals surface area contributed by atoms with E-state index >= 15 is 0 Å². The molecular formula is C10H19N. The maximum atomic E-state index is 2.65. The van der Waals surface area contributed by atoms with E-state index in [-0.39, 0.29) is 0 Å². The summed E-state index contributed by atoms with van der Waals surface area (Å²) in [6, 6.07) is 0.773. The zero-order chi connectivity index (χ0) is 7.84. The second-order valence-electron chi connectivity index (χ2n) is 4.58. The summed E-state index contributed by atoms with van der Waals surface area (Å²) in [6.45, 7) is 7.39. The molecule has 0 radical (unpaired) electrons. The van der Waals surface area contributed by atoms with Crippen molar-refractivity contribution >= 4 is 0 Å². The van der Waals surface area contributed by atoms with Gasteiger partial charge in [-0.3, -0.25) is 0 Å². The second kappa shape index (κ2) is 2.78. The summed E-state index contributed by atoms with van der Waals surface area (Å²) in [7, 11) is 0. The number of hydrogen-bond donors (Lipinski definition) is 0. The first kappa shape index (κ1) is 7.60. The van der Waals surface area contributed by atoms with E-state index in [0.717, 1.165) is 17.9 Å². The molecule has 2 heterocycles. The van der Waals surface area contributed by atoms with Crippen LogP contribution in [-0.4, -0.2) is 24.0 Å². The molecule has 64 valence electrons. The van der Waals surface area contributed by atoms with Crippen molar-refractivity contribution in [3.8, 4) is 0 Å². The van der Waals surface area contributed by atoms with Crippen molar-refractivity contribution in [2.75, 3.05) is 13.1 Å². The highest BCUT2D eigenvalue weighted by atomic mass is 15.2. The predicted octanol–water partition coefficient (Wildman–Crippen LogP) is 2.13. The van der Waals surface area contributed by atoms with E-state index in [0.29, 0.717) is 0 Å². The van der Waals surface area contributed by atoms with Crippen LogP contribution in [0.15, 0.2) is 0 Å². The van der Waals surface area contributed by atoms with E-state index in [1.165, 1.54) is 32.4 Å². The van der Waals surface area contributed by atoms with E-state index in [4.69, 9.17) is 0 Å². The molecule has 0 aromatic heterocycles. The molecule has 0 spiro atoms. The van der Waals surface area contributed by atoms with Gasteiger partial charge < -0.3 is 4.90 Å². The van der Waals surface area contributed by atoms with Crippen molar-refractivity contribution in [1.29, 1.82) is 0 Å². The number of nitrogens with zero attached hydrogens (tertiary/aromatic N) is 1. The predicted molar refractivity (Wildman–Crippen MR) is 47.5 cm³/mol. The maximum absolute atomic E-state index is 2.65. The average molecular weight is 153 g/mol. The molecule has 1 nitrogen and oxygen atoms in total.